The molecule has 0 radical (unpaired) electrons. The Bertz CT molecular complexity index is 680. The highest BCUT2D eigenvalue weighted by Gasteiger charge is 2.20. The Hall–Kier alpha value is -1.66. The predicted molar refractivity (Wildman–Crippen MR) is 86.9 cm³/mol. The number of hydrogen-bond donors (Lipinski definition) is 3. The minimum absolute atomic E-state index is 0.0910. The minimum atomic E-state index is -0.0910. The van der Waals surface area contributed by atoms with Gasteiger partial charge in [0.05, 0.1) is 5.69 Å². The van der Waals surface area contributed by atoms with Gasteiger partial charge in [0.2, 0.25) is 0 Å². The molecule has 0 saturated carbocycles. The van der Waals surface area contributed by atoms with Crippen LogP contribution in [0.25, 0.3) is 10.2 Å². The van der Waals surface area contributed by atoms with Crippen LogP contribution in [0.2, 0.25) is 0 Å². The van der Waals surface area contributed by atoms with E-state index in [2.05, 4.69) is 21.7 Å². The Balaban J connectivity index is 1.83. The summed E-state index contributed by atoms with van der Waals surface area (Å²) in [6, 6.07) is 2.12. The van der Waals surface area contributed by atoms with Crippen molar-refractivity contribution in [2.75, 3.05) is 25.9 Å². The number of amides is 1. The van der Waals surface area contributed by atoms with Crippen LogP contribution in [0.1, 0.15) is 33.8 Å². The number of nitrogens with two attached hydrogens (primary N) is 1. The third-order valence-corrected chi connectivity index (χ3v) is 4.96. The number of nitrogens with zero attached hydrogens (tertiary/aromatic N) is 1. The van der Waals surface area contributed by atoms with Gasteiger partial charge >= 0.3 is 0 Å². The first-order chi connectivity index (χ1) is 10.2. The van der Waals surface area contributed by atoms with E-state index in [0.29, 0.717) is 17.1 Å². The van der Waals surface area contributed by atoms with Gasteiger partial charge in [-0.3, -0.25) is 4.79 Å². The lowest BCUT2D eigenvalue weighted by Gasteiger charge is -2.03. The topological polar surface area (TPSA) is 80.0 Å². The smallest absolute Gasteiger partial charge is 0.263 e. The van der Waals surface area contributed by atoms with Gasteiger partial charge in [0.15, 0.2) is 0 Å². The van der Waals surface area contributed by atoms with E-state index in [1.54, 1.807) is 0 Å². The van der Waals surface area contributed by atoms with Crippen LogP contribution in [0.5, 0.6) is 0 Å². The highest BCUT2D eigenvalue weighted by Crippen LogP contribution is 2.35. The summed E-state index contributed by atoms with van der Waals surface area (Å²) in [4.78, 5) is 18.4. The van der Waals surface area contributed by atoms with Crippen LogP contribution in [0.4, 0.5) is 5.69 Å². The molecule has 112 valence electrons. The van der Waals surface area contributed by atoms with Crippen LogP contribution in [0.3, 0.4) is 0 Å². The fourth-order valence-electron chi connectivity index (χ4n) is 2.71. The fourth-order valence-corrected chi connectivity index (χ4v) is 3.73. The molecule has 0 bridgehead atoms. The lowest BCUT2D eigenvalue weighted by molar-refractivity contribution is 0.0958. The van der Waals surface area contributed by atoms with Crippen molar-refractivity contribution in [3.8, 4) is 0 Å². The molecule has 2 aromatic heterocycles. The maximum Gasteiger partial charge on any atom is 0.263 e. The first-order valence-corrected chi connectivity index (χ1v) is 8.16. The molecule has 2 heterocycles. The lowest BCUT2D eigenvalue weighted by Crippen LogP contribution is -2.26. The quantitative estimate of drug-likeness (QED) is 0.735. The fraction of sp³-hybridized carbons (Fsp3) is 0.467. The van der Waals surface area contributed by atoms with Gasteiger partial charge in [0.25, 0.3) is 5.91 Å². The second-order valence-electron chi connectivity index (χ2n) is 5.36. The van der Waals surface area contributed by atoms with Crippen LogP contribution < -0.4 is 16.4 Å². The van der Waals surface area contributed by atoms with Crippen LogP contribution in [0.15, 0.2) is 6.07 Å². The monoisotopic (exact) mass is 304 g/mol. The first-order valence-electron chi connectivity index (χ1n) is 7.34. The van der Waals surface area contributed by atoms with Gasteiger partial charge in [-0.1, -0.05) is 0 Å². The summed E-state index contributed by atoms with van der Waals surface area (Å²) in [5, 5.41) is 6.90. The Labute approximate surface area is 127 Å². The summed E-state index contributed by atoms with van der Waals surface area (Å²) in [5.74, 6) is -0.0910. The number of thiophene rings is 1. The van der Waals surface area contributed by atoms with Crippen molar-refractivity contribution in [3.05, 3.63) is 22.2 Å². The number of fused-ring (bicyclic) bond motifs is 2. The van der Waals surface area contributed by atoms with E-state index in [1.165, 1.54) is 22.6 Å². The molecule has 4 N–H and O–H groups in total. The van der Waals surface area contributed by atoms with Gasteiger partial charge in [-0.05, 0) is 50.9 Å². The minimum Gasteiger partial charge on any atom is -0.397 e. The van der Waals surface area contributed by atoms with E-state index >= 15 is 0 Å². The van der Waals surface area contributed by atoms with Gasteiger partial charge in [0.1, 0.15) is 9.71 Å². The van der Waals surface area contributed by atoms with Gasteiger partial charge in [-0.15, -0.1) is 11.3 Å². The molecule has 1 amide bonds. The number of hydrogen-bond acceptors (Lipinski definition) is 5. The molecule has 0 unspecified atom stereocenters. The lowest BCUT2D eigenvalue weighted by atomic mass is 10.1. The molecular weight excluding hydrogens is 284 g/mol. The van der Waals surface area contributed by atoms with E-state index in [9.17, 15) is 4.79 Å². The highest BCUT2D eigenvalue weighted by molar-refractivity contribution is 7.21. The summed E-state index contributed by atoms with van der Waals surface area (Å²) in [6.45, 7) is 1.54. The predicted octanol–water partition coefficient (Wildman–Crippen LogP) is 1.71. The second-order valence-corrected chi connectivity index (χ2v) is 6.36. The maximum absolute atomic E-state index is 12.2. The maximum atomic E-state index is 12.2. The Morgan fingerprint density at radius 1 is 1.43 bits per heavy atom. The van der Waals surface area contributed by atoms with Crippen molar-refractivity contribution >= 4 is 33.1 Å². The molecule has 0 aromatic carbocycles. The zero-order valence-electron chi connectivity index (χ0n) is 12.2. The summed E-state index contributed by atoms with van der Waals surface area (Å²) in [5.41, 5.74) is 9.19. The molecule has 6 heteroatoms. The van der Waals surface area contributed by atoms with E-state index in [-0.39, 0.29) is 5.91 Å². The zero-order valence-corrected chi connectivity index (χ0v) is 13.0. The van der Waals surface area contributed by atoms with E-state index < -0.39 is 0 Å². The van der Waals surface area contributed by atoms with Crippen LogP contribution >= 0.6 is 11.3 Å². The average molecular weight is 304 g/mol. The van der Waals surface area contributed by atoms with Crippen molar-refractivity contribution in [2.45, 2.75) is 25.7 Å². The number of carbonyl (C=O) groups is 1. The number of nitrogen functional groups attached to an aromatic ring is 1. The molecule has 1 aliphatic carbocycles. The summed E-state index contributed by atoms with van der Waals surface area (Å²) < 4.78 is 0. The van der Waals surface area contributed by atoms with Crippen LogP contribution in [-0.2, 0) is 12.8 Å². The van der Waals surface area contributed by atoms with Crippen molar-refractivity contribution in [2.24, 2.45) is 0 Å². The number of carbonyl (C=O) groups excluding carboxylic acids is 1. The number of rotatable bonds is 5. The molecule has 1 aliphatic rings. The first kappa shape index (κ1) is 14.3. The SMILES string of the molecule is CNCCCNC(=O)c1sc2nc3c(cc2c1N)CCC3. The molecule has 2 aromatic rings. The summed E-state index contributed by atoms with van der Waals surface area (Å²) in [7, 11) is 1.90. The molecule has 0 atom stereocenters. The van der Waals surface area contributed by atoms with E-state index in [4.69, 9.17) is 5.73 Å². The molecule has 0 aliphatic heterocycles. The zero-order chi connectivity index (χ0) is 14.8. The third kappa shape index (κ3) is 2.73. The number of aromatic nitrogens is 1. The van der Waals surface area contributed by atoms with Crippen LogP contribution in [0, 0.1) is 0 Å². The Kier molecular flexibility index (Phi) is 4.07. The number of anilines is 1. The van der Waals surface area contributed by atoms with Gasteiger partial charge in [-0.2, -0.15) is 0 Å². The number of nitrogens with one attached hydrogen (secondary N) is 2. The van der Waals surface area contributed by atoms with Crippen molar-refractivity contribution in [3.63, 3.8) is 0 Å². The molecule has 3 rings (SSSR count). The van der Waals surface area contributed by atoms with Gasteiger partial charge in [-0.25, -0.2) is 4.98 Å². The summed E-state index contributed by atoms with van der Waals surface area (Å²) >= 11 is 1.40. The Morgan fingerprint density at radius 2 is 2.29 bits per heavy atom. The van der Waals surface area contributed by atoms with E-state index in [1.807, 2.05) is 7.05 Å². The van der Waals surface area contributed by atoms with Crippen molar-refractivity contribution < 1.29 is 4.79 Å². The normalized spacial score (nSPS) is 13.6. The molecular formula is C15H20N4OS. The second kappa shape index (κ2) is 5.99. The van der Waals surface area contributed by atoms with Gasteiger partial charge in [0, 0.05) is 17.6 Å². The molecule has 21 heavy (non-hydrogen) atoms. The van der Waals surface area contributed by atoms with Gasteiger partial charge < -0.3 is 16.4 Å². The summed E-state index contributed by atoms with van der Waals surface area (Å²) in [6.07, 6.45) is 4.17. The molecule has 5 nitrogen and oxygen atoms in total. The van der Waals surface area contributed by atoms with Crippen molar-refractivity contribution in [1.29, 1.82) is 0 Å². The average Bonchev–Trinajstić information content (AvgIpc) is 3.06. The largest absolute Gasteiger partial charge is 0.397 e. The highest BCUT2D eigenvalue weighted by atomic mass is 32.1. The molecule has 0 fully saturated rings. The van der Waals surface area contributed by atoms with E-state index in [0.717, 1.165) is 42.4 Å². The number of aryl methyl sites for hydroxylation is 2. The van der Waals surface area contributed by atoms with Crippen molar-refractivity contribution in [1.82, 2.24) is 15.6 Å². The van der Waals surface area contributed by atoms with Crippen LogP contribution in [-0.4, -0.2) is 31.0 Å². The Morgan fingerprint density at radius 3 is 3.10 bits per heavy atom. The third-order valence-electron chi connectivity index (χ3n) is 3.84. The standard InChI is InChI=1S/C15H20N4OS/c1-17-6-3-7-18-14(20)13-12(16)10-8-9-4-2-5-11(9)19-15(10)21-13/h8,17H,2-7,16H2,1H3,(H,18,20). The molecule has 0 saturated heterocycles. The molecule has 0 spiro atoms. The number of pyridine rings is 1.